The van der Waals surface area contributed by atoms with Gasteiger partial charge in [0.2, 0.25) is 5.91 Å². The van der Waals surface area contributed by atoms with Gasteiger partial charge < -0.3 is 15.4 Å². The van der Waals surface area contributed by atoms with Crippen LogP contribution in [-0.4, -0.2) is 62.6 Å². The molecule has 0 saturated carbocycles. The molecule has 0 bridgehead atoms. The summed E-state index contributed by atoms with van der Waals surface area (Å²) in [5.74, 6) is 1.05. The smallest absolute Gasteiger partial charge is 0.233 e. The minimum absolute atomic E-state index is 0.0774. The molecule has 1 saturated heterocycles. The number of fused-ring (bicyclic) bond motifs is 1. The largest absolute Gasteiger partial charge is 0.397 e. The van der Waals surface area contributed by atoms with Gasteiger partial charge in [-0.3, -0.25) is 9.36 Å². The summed E-state index contributed by atoms with van der Waals surface area (Å²) in [7, 11) is 0. The van der Waals surface area contributed by atoms with Gasteiger partial charge in [0.25, 0.3) is 0 Å². The number of rotatable bonds is 6. The Bertz CT molecular complexity index is 1010. The van der Waals surface area contributed by atoms with E-state index in [4.69, 9.17) is 10.5 Å². The molecule has 2 N–H and O–H groups in total. The molecule has 0 unspecified atom stereocenters. The number of nitrogen functional groups attached to an aromatic ring is 1. The van der Waals surface area contributed by atoms with E-state index in [1.54, 1.807) is 12.3 Å². The molecule has 146 valence electrons. The van der Waals surface area contributed by atoms with E-state index < -0.39 is 0 Å². The molecule has 3 aromatic rings. The molecule has 0 aromatic carbocycles. The maximum Gasteiger partial charge on any atom is 0.233 e. The summed E-state index contributed by atoms with van der Waals surface area (Å²) in [6.45, 7) is 6.80. The van der Waals surface area contributed by atoms with Crippen LogP contribution in [0.3, 0.4) is 0 Å². The number of carbonyl (C=O) groups is 1. The Kier molecular flexibility index (Phi) is 5.60. The van der Waals surface area contributed by atoms with Crippen LogP contribution in [0.5, 0.6) is 0 Å². The number of carbonyl (C=O) groups excluding carboxylic acids is 1. The summed E-state index contributed by atoms with van der Waals surface area (Å²) in [5, 5.41) is 10.2. The average Bonchev–Trinajstić information content (AvgIpc) is 3.28. The molecular formula is C18H20N6O2S2. The van der Waals surface area contributed by atoms with Gasteiger partial charge in [-0.25, -0.2) is 4.98 Å². The third-order valence-corrected chi connectivity index (χ3v) is 6.50. The van der Waals surface area contributed by atoms with E-state index in [2.05, 4.69) is 21.8 Å². The molecule has 0 radical (unpaired) electrons. The van der Waals surface area contributed by atoms with Crippen molar-refractivity contribution < 1.29 is 9.53 Å². The first-order chi connectivity index (χ1) is 13.7. The van der Waals surface area contributed by atoms with Crippen molar-refractivity contribution >= 4 is 44.9 Å². The van der Waals surface area contributed by atoms with Crippen molar-refractivity contribution in [3.05, 3.63) is 31.0 Å². The molecule has 1 aliphatic rings. The molecule has 8 nitrogen and oxygen atoms in total. The average molecular weight is 417 g/mol. The third-order valence-electron chi connectivity index (χ3n) is 4.42. The van der Waals surface area contributed by atoms with Gasteiger partial charge in [-0.1, -0.05) is 17.8 Å². The van der Waals surface area contributed by atoms with Gasteiger partial charge in [0.1, 0.15) is 4.83 Å². The summed E-state index contributed by atoms with van der Waals surface area (Å²) in [6.07, 6.45) is 3.53. The lowest BCUT2D eigenvalue weighted by atomic mass is 10.2. The molecule has 0 spiro atoms. The zero-order valence-electron chi connectivity index (χ0n) is 15.2. The van der Waals surface area contributed by atoms with Crippen LogP contribution in [0, 0.1) is 0 Å². The molecule has 0 aliphatic carbocycles. The maximum absolute atomic E-state index is 12.4. The lowest BCUT2D eigenvalue weighted by molar-refractivity contribution is -0.132. The second kappa shape index (κ2) is 8.29. The summed E-state index contributed by atoms with van der Waals surface area (Å²) < 4.78 is 7.23. The first-order valence-corrected chi connectivity index (χ1v) is 10.6. The van der Waals surface area contributed by atoms with Crippen LogP contribution < -0.4 is 5.73 Å². The zero-order chi connectivity index (χ0) is 19.5. The number of ether oxygens (including phenoxy) is 1. The van der Waals surface area contributed by atoms with Gasteiger partial charge in [-0.05, 0) is 12.1 Å². The number of hydrogen-bond donors (Lipinski definition) is 1. The lowest BCUT2D eigenvalue weighted by Gasteiger charge is -2.26. The quantitative estimate of drug-likeness (QED) is 0.486. The highest BCUT2D eigenvalue weighted by Crippen LogP contribution is 2.39. The number of thioether (sulfide) groups is 1. The molecule has 1 amide bonds. The highest BCUT2D eigenvalue weighted by Gasteiger charge is 2.22. The normalized spacial score (nSPS) is 14.5. The van der Waals surface area contributed by atoms with E-state index in [9.17, 15) is 4.79 Å². The molecule has 28 heavy (non-hydrogen) atoms. The molecule has 1 aliphatic heterocycles. The van der Waals surface area contributed by atoms with E-state index in [-0.39, 0.29) is 5.91 Å². The van der Waals surface area contributed by atoms with E-state index >= 15 is 0 Å². The second-order valence-corrected chi connectivity index (χ2v) is 8.13. The number of thiophene rings is 1. The lowest BCUT2D eigenvalue weighted by Crippen LogP contribution is -2.41. The minimum atomic E-state index is 0.0774. The highest BCUT2D eigenvalue weighted by atomic mass is 32.2. The highest BCUT2D eigenvalue weighted by molar-refractivity contribution is 7.99. The van der Waals surface area contributed by atoms with Gasteiger partial charge in [-0.2, -0.15) is 0 Å². The Labute approximate surface area is 170 Å². The predicted molar refractivity (Wildman–Crippen MR) is 111 cm³/mol. The predicted octanol–water partition coefficient (Wildman–Crippen LogP) is 2.27. The summed E-state index contributed by atoms with van der Waals surface area (Å²) in [6, 6.07) is 3.81. The molecule has 3 aromatic heterocycles. The number of aromatic nitrogens is 4. The maximum atomic E-state index is 12.4. The van der Waals surface area contributed by atoms with Gasteiger partial charge >= 0.3 is 0 Å². The molecule has 4 rings (SSSR count). The van der Waals surface area contributed by atoms with Crippen molar-refractivity contribution in [2.75, 3.05) is 37.8 Å². The van der Waals surface area contributed by atoms with Crippen LogP contribution in [0.25, 0.3) is 20.9 Å². The Morgan fingerprint density at radius 2 is 2.21 bits per heavy atom. The number of morpholine rings is 1. The second-order valence-electron chi connectivity index (χ2n) is 6.19. The number of anilines is 1. The van der Waals surface area contributed by atoms with E-state index in [1.807, 2.05) is 21.6 Å². The molecule has 4 heterocycles. The Hall–Kier alpha value is -2.43. The Morgan fingerprint density at radius 1 is 1.39 bits per heavy atom. The van der Waals surface area contributed by atoms with Crippen molar-refractivity contribution in [1.82, 2.24) is 24.6 Å². The minimum Gasteiger partial charge on any atom is -0.397 e. The standard InChI is InChI=1S/C18H20N6O2S2/c1-2-6-24-16(15-14(19)12-4-3-5-20-17(12)28-15)21-22-18(24)27-11-13(25)23-7-9-26-10-8-23/h2-5H,1,6-11,19H2. The first-order valence-electron chi connectivity index (χ1n) is 8.85. The topological polar surface area (TPSA) is 99.2 Å². The van der Waals surface area contributed by atoms with E-state index in [0.29, 0.717) is 55.3 Å². The number of nitrogens with two attached hydrogens (primary N) is 1. The number of allylic oxidation sites excluding steroid dienone is 1. The van der Waals surface area contributed by atoms with Crippen molar-refractivity contribution in [2.24, 2.45) is 0 Å². The van der Waals surface area contributed by atoms with Gasteiger partial charge in [0.15, 0.2) is 11.0 Å². The van der Waals surface area contributed by atoms with Crippen LogP contribution >= 0.6 is 23.1 Å². The fraction of sp³-hybridized carbons (Fsp3) is 0.333. The number of nitrogens with zero attached hydrogens (tertiary/aromatic N) is 5. The fourth-order valence-electron chi connectivity index (χ4n) is 3.00. The summed E-state index contributed by atoms with van der Waals surface area (Å²) in [5.41, 5.74) is 6.99. The zero-order valence-corrected chi connectivity index (χ0v) is 16.8. The third kappa shape index (κ3) is 3.62. The van der Waals surface area contributed by atoms with Crippen molar-refractivity contribution in [3.63, 3.8) is 0 Å². The number of pyridine rings is 1. The van der Waals surface area contributed by atoms with Crippen molar-refractivity contribution in [2.45, 2.75) is 11.7 Å². The number of hydrogen-bond acceptors (Lipinski definition) is 8. The Balaban J connectivity index is 1.59. The van der Waals surface area contributed by atoms with Crippen LogP contribution in [0.4, 0.5) is 5.69 Å². The monoisotopic (exact) mass is 416 g/mol. The molecule has 0 atom stereocenters. The SMILES string of the molecule is C=CCn1c(SCC(=O)N2CCOCC2)nnc1-c1sc2ncccc2c1N. The van der Waals surface area contributed by atoms with Crippen LogP contribution in [-0.2, 0) is 16.1 Å². The Morgan fingerprint density at radius 3 is 2.96 bits per heavy atom. The first kappa shape index (κ1) is 18.9. The van der Waals surface area contributed by atoms with Gasteiger partial charge in [0.05, 0.1) is 29.5 Å². The van der Waals surface area contributed by atoms with Crippen molar-refractivity contribution in [1.29, 1.82) is 0 Å². The van der Waals surface area contributed by atoms with E-state index in [1.165, 1.54) is 23.1 Å². The molecule has 10 heteroatoms. The van der Waals surface area contributed by atoms with Gasteiger partial charge in [0, 0.05) is 31.2 Å². The summed E-state index contributed by atoms with van der Waals surface area (Å²) >= 11 is 2.86. The van der Waals surface area contributed by atoms with E-state index in [0.717, 1.165) is 15.1 Å². The molecule has 1 fully saturated rings. The molecular weight excluding hydrogens is 396 g/mol. The fourth-order valence-corrected chi connectivity index (χ4v) is 4.91. The number of amides is 1. The van der Waals surface area contributed by atoms with Crippen LogP contribution in [0.2, 0.25) is 0 Å². The summed E-state index contributed by atoms with van der Waals surface area (Å²) in [4.78, 5) is 20.3. The van der Waals surface area contributed by atoms with Gasteiger partial charge in [-0.15, -0.1) is 28.1 Å². The van der Waals surface area contributed by atoms with Crippen molar-refractivity contribution in [3.8, 4) is 10.7 Å². The van der Waals surface area contributed by atoms with Crippen LogP contribution in [0.15, 0.2) is 36.1 Å². The van der Waals surface area contributed by atoms with Crippen LogP contribution in [0.1, 0.15) is 0 Å².